The number of aryl methyl sites for hydroxylation is 1. The van der Waals surface area contributed by atoms with Crippen molar-refractivity contribution in [1.29, 1.82) is 0 Å². The van der Waals surface area contributed by atoms with Crippen LogP contribution in [0.15, 0.2) is 29.6 Å². The highest BCUT2D eigenvalue weighted by Gasteiger charge is 2.15. The third-order valence-electron chi connectivity index (χ3n) is 3.67. The number of ether oxygens (including phenoxy) is 3. The standard InChI is InChI=1S/C17H16N4O4S/c1-10-8-26-16(19-10)6-18-17(22)13-4-11(20-21-13)7-23-12-2-3-14-15(5-12)25-9-24-14/h2-5,8H,6-7,9H2,1H3,(H,18,22)(H,20,21). The quantitative estimate of drug-likeness (QED) is 0.689. The number of carbonyl (C=O) groups is 1. The fraction of sp³-hybridized carbons (Fsp3) is 0.235. The molecule has 0 fully saturated rings. The molecule has 134 valence electrons. The molecule has 0 bridgehead atoms. The molecule has 4 rings (SSSR count). The average molecular weight is 372 g/mol. The van der Waals surface area contributed by atoms with E-state index in [2.05, 4.69) is 20.5 Å². The highest BCUT2D eigenvalue weighted by atomic mass is 32.1. The maximum absolute atomic E-state index is 12.2. The van der Waals surface area contributed by atoms with Gasteiger partial charge in [-0.3, -0.25) is 9.89 Å². The van der Waals surface area contributed by atoms with Crippen molar-refractivity contribution in [2.75, 3.05) is 6.79 Å². The number of thiazole rings is 1. The number of rotatable bonds is 6. The van der Waals surface area contributed by atoms with Crippen LogP contribution >= 0.6 is 11.3 Å². The fourth-order valence-corrected chi connectivity index (χ4v) is 3.12. The molecule has 0 atom stereocenters. The highest BCUT2D eigenvalue weighted by Crippen LogP contribution is 2.35. The second-order valence-electron chi connectivity index (χ2n) is 5.65. The summed E-state index contributed by atoms with van der Waals surface area (Å²) in [5.41, 5.74) is 1.95. The molecule has 9 heteroatoms. The van der Waals surface area contributed by atoms with E-state index < -0.39 is 0 Å². The van der Waals surface area contributed by atoms with Gasteiger partial charge < -0.3 is 19.5 Å². The van der Waals surface area contributed by atoms with Crippen LogP contribution in [-0.4, -0.2) is 27.9 Å². The zero-order valence-corrected chi connectivity index (χ0v) is 14.8. The SMILES string of the molecule is Cc1csc(CNC(=O)c2cc(COc3ccc4c(c3)OCO4)[nH]n2)n1. The Kier molecular flexibility index (Phi) is 4.44. The van der Waals surface area contributed by atoms with Crippen LogP contribution in [0.2, 0.25) is 0 Å². The number of hydrogen-bond acceptors (Lipinski definition) is 7. The number of nitrogens with zero attached hydrogens (tertiary/aromatic N) is 2. The molecule has 8 nitrogen and oxygen atoms in total. The first kappa shape index (κ1) is 16.4. The van der Waals surface area contributed by atoms with Crippen LogP contribution in [0.4, 0.5) is 0 Å². The molecule has 0 unspecified atom stereocenters. The van der Waals surface area contributed by atoms with Crippen LogP contribution in [0.1, 0.15) is 26.9 Å². The van der Waals surface area contributed by atoms with Crippen LogP contribution in [0.3, 0.4) is 0 Å². The predicted octanol–water partition coefficient (Wildman–Crippen LogP) is 2.41. The zero-order valence-electron chi connectivity index (χ0n) is 13.9. The third kappa shape index (κ3) is 3.62. The maximum atomic E-state index is 12.2. The van der Waals surface area contributed by atoms with Crippen LogP contribution < -0.4 is 19.5 Å². The van der Waals surface area contributed by atoms with Crippen molar-refractivity contribution in [3.63, 3.8) is 0 Å². The second kappa shape index (κ2) is 7.04. The summed E-state index contributed by atoms with van der Waals surface area (Å²) >= 11 is 1.51. The minimum atomic E-state index is -0.261. The first-order chi connectivity index (χ1) is 12.7. The van der Waals surface area contributed by atoms with E-state index in [-0.39, 0.29) is 19.3 Å². The number of nitrogens with one attached hydrogen (secondary N) is 2. The van der Waals surface area contributed by atoms with Gasteiger partial charge in [0.2, 0.25) is 6.79 Å². The molecular formula is C17H16N4O4S. The van der Waals surface area contributed by atoms with Crippen molar-refractivity contribution in [2.45, 2.75) is 20.1 Å². The van der Waals surface area contributed by atoms with E-state index in [9.17, 15) is 4.79 Å². The van der Waals surface area contributed by atoms with E-state index >= 15 is 0 Å². The molecule has 1 aliphatic heterocycles. The van der Waals surface area contributed by atoms with Gasteiger partial charge in [0.05, 0.1) is 12.2 Å². The zero-order chi connectivity index (χ0) is 17.9. The first-order valence-electron chi connectivity index (χ1n) is 7.93. The van der Waals surface area contributed by atoms with Crippen LogP contribution in [0.25, 0.3) is 0 Å². The Morgan fingerprint density at radius 2 is 2.23 bits per heavy atom. The number of H-pyrrole nitrogens is 1. The molecule has 0 aliphatic carbocycles. The Hall–Kier alpha value is -3.07. The molecule has 2 aromatic heterocycles. The summed E-state index contributed by atoms with van der Waals surface area (Å²) in [6.45, 7) is 2.78. The molecule has 26 heavy (non-hydrogen) atoms. The minimum absolute atomic E-state index is 0.221. The fourth-order valence-electron chi connectivity index (χ4n) is 2.41. The van der Waals surface area contributed by atoms with Gasteiger partial charge in [0, 0.05) is 17.1 Å². The molecule has 3 aromatic rings. The van der Waals surface area contributed by atoms with E-state index in [4.69, 9.17) is 14.2 Å². The third-order valence-corrected chi connectivity index (χ3v) is 4.64. The average Bonchev–Trinajstić information content (AvgIpc) is 3.38. The summed E-state index contributed by atoms with van der Waals surface area (Å²) in [6, 6.07) is 7.02. The van der Waals surface area contributed by atoms with Gasteiger partial charge in [-0.15, -0.1) is 11.3 Å². The van der Waals surface area contributed by atoms with Gasteiger partial charge in [-0.1, -0.05) is 0 Å². The summed E-state index contributed by atoms with van der Waals surface area (Å²) in [6.07, 6.45) is 0. The van der Waals surface area contributed by atoms with E-state index in [0.717, 1.165) is 10.7 Å². The Labute approximate surface area is 153 Å². The topological polar surface area (TPSA) is 98.4 Å². The molecule has 1 amide bonds. The maximum Gasteiger partial charge on any atom is 0.272 e. The van der Waals surface area contributed by atoms with Gasteiger partial charge >= 0.3 is 0 Å². The van der Waals surface area contributed by atoms with Crippen LogP contribution in [-0.2, 0) is 13.2 Å². The Balaban J connectivity index is 1.31. The van der Waals surface area contributed by atoms with Crippen molar-refractivity contribution in [3.05, 3.63) is 51.7 Å². The summed E-state index contributed by atoms with van der Waals surface area (Å²) in [5.74, 6) is 1.75. The molecule has 1 aliphatic rings. The number of hydrogen-bond donors (Lipinski definition) is 2. The Morgan fingerprint density at radius 3 is 3.08 bits per heavy atom. The largest absolute Gasteiger partial charge is 0.487 e. The molecule has 0 saturated heterocycles. The van der Waals surface area contributed by atoms with E-state index in [1.807, 2.05) is 12.3 Å². The summed E-state index contributed by atoms with van der Waals surface area (Å²) in [7, 11) is 0. The number of carbonyl (C=O) groups excluding carboxylic acids is 1. The number of fused-ring (bicyclic) bond motifs is 1. The lowest BCUT2D eigenvalue weighted by atomic mass is 10.3. The number of amides is 1. The van der Waals surface area contributed by atoms with Gasteiger partial charge in [0.15, 0.2) is 11.5 Å². The first-order valence-corrected chi connectivity index (χ1v) is 8.81. The van der Waals surface area contributed by atoms with Crippen LogP contribution in [0.5, 0.6) is 17.2 Å². The van der Waals surface area contributed by atoms with Crippen molar-refractivity contribution in [3.8, 4) is 17.2 Å². The highest BCUT2D eigenvalue weighted by molar-refractivity contribution is 7.09. The molecule has 0 radical (unpaired) electrons. The Morgan fingerprint density at radius 1 is 1.35 bits per heavy atom. The number of benzene rings is 1. The van der Waals surface area contributed by atoms with Gasteiger partial charge in [0.25, 0.3) is 5.91 Å². The molecule has 3 heterocycles. The number of aromatic nitrogens is 3. The van der Waals surface area contributed by atoms with Gasteiger partial charge in [-0.25, -0.2) is 4.98 Å². The van der Waals surface area contributed by atoms with Gasteiger partial charge in [-0.2, -0.15) is 5.10 Å². The van der Waals surface area contributed by atoms with Gasteiger partial charge in [0.1, 0.15) is 23.1 Å². The predicted molar refractivity (Wildman–Crippen MR) is 93.5 cm³/mol. The van der Waals surface area contributed by atoms with Crippen molar-refractivity contribution in [1.82, 2.24) is 20.5 Å². The van der Waals surface area contributed by atoms with Crippen molar-refractivity contribution >= 4 is 17.2 Å². The number of aromatic amines is 1. The monoisotopic (exact) mass is 372 g/mol. The van der Waals surface area contributed by atoms with E-state index in [0.29, 0.717) is 35.2 Å². The van der Waals surface area contributed by atoms with E-state index in [1.165, 1.54) is 11.3 Å². The molecule has 1 aromatic carbocycles. The molecule has 0 saturated carbocycles. The summed E-state index contributed by atoms with van der Waals surface area (Å²) in [4.78, 5) is 16.5. The Bertz CT molecular complexity index is 936. The molecule has 0 spiro atoms. The second-order valence-corrected chi connectivity index (χ2v) is 6.59. The molecule has 2 N–H and O–H groups in total. The lowest BCUT2D eigenvalue weighted by Gasteiger charge is -2.05. The lowest BCUT2D eigenvalue weighted by molar-refractivity contribution is 0.0946. The van der Waals surface area contributed by atoms with Crippen molar-refractivity contribution < 1.29 is 19.0 Å². The summed E-state index contributed by atoms with van der Waals surface area (Å²) in [5, 5.41) is 12.4. The smallest absolute Gasteiger partial charge is 0.272 e. The minimum Gasteiger partial charge on any atom is -0.487 e. The van der Waals surface area contributed by atoms with Crippen LogP contribution in [0, 0.1) is 6.92 Å². The lowest BCUT2D eigenvalue weighted by Crippen LogP contribution is -2.23. The van der Waals surface area contributed by atoms with E-state index in [1.54, 1.807) is 24.3 Å². The van der Waals surface area contributed by atoms with Crippen molar-refractivity contribution in [2.24, 2.45) is 0 Å². The summed E-state index contributed by atoms with van der Waals surface area (Å²) < 4.78 is 16.3. The van der Waals surface area contributed by atoms with Gasteiger partial charge in [-0.05, 0) is 25.1 Å². The molecular weight excluding hydrogens is 356 g/mol. The normalized spacial score (nSPS) is 12.2.